The molecule has 1 aromatic carbocycles. The zero-order valence-electron chi connectivity index (χ0n) is 21.9. The number of nitrogens with zero attached hydrogens (tertiary/aromatic N) is 1. The number of benzene rings is 1. The van der Waals surface area contributed by atoms with Gasteiger partial charge in [-0.2, -0.15) is 0 Å². The minimum absolute atomic E-state index is 0.0889. The molecule has 204 valence electrons. The highest BCUT2D eigenvalue weighted by atomic mass is 16.6. The maximum atomic E-state index is 13.3. The highest BCUT2D eigenvalue weighted by Crippen LogP contribution is 2.22. The van der Waals surface area contributed by atoms with Crippen LogP contribution in [0.25, 0.3) is 0 Å². The Morgan fingerprint density at radius 2 is 1.62 bits per heavy atom. The first-order valence-electron chi connectivity index (χ1n) is 12.3. The Labute approximate surface area is 216 Å². The number of likely N-dealkylation sites (tertiary alicyclic amines) is 1. The summed E-state index contributed by atoms with van der Waals surface area (Å²) in [5.41, 5.74) is -0.160. The summed E-state index contributed by atoms with van der Waals surface area (Å²) < 4.78 is 5.39. The Morgan fingerprint density at radius 3 is 2.14 bits per heavy atom. The minimum atomic E-state index is -1.59. The number of rotatable bonds is 10. The van der Waals surface area contributed by atoms with Gasteiger partial charge in [0.2, 0.25) is 11.8 Å². The van der Waals surface area contributed by atoms with E-state index in [9.17, 15) is 34.2 Å². The summed E-state index contributed by atoms with van der Waals surface area (Å²) in [6.45, 7) is 8.57. The second-order valence-corrected chi connectivity index (χ2v) is 10.5. The van der Waals surface area contributed by atoms with E-state index in [1.807, 2.05) is 0 Å². The van der Waals surface area contributed by atoms with Crippen LogP contribution in [0, 0.1) is 11.8 Å². The van der Waals surface area contributed by atoms with Gasteiger partial charge in [-0.1, -0.05) is 44.2 Å². The SMILES string of the molecule is CC(C)[C@H](NC(=O)[C@@H](NC(=O)[C@@H]1CCCN1C(=O)OC(C)(C)C)C(Cc1ccccc1)C(=O)O)C(=O)O. The molecule has 4 N–H and O–H groups in total. The van der Waals surface area contributed by atoms with Crippen LogP contribution in [0.3, 0.4) is 0 Å². The van der Waals surface area contributed by atoms with Gasteiger partial charge in [0.15, 0.2) is 0 Å². The van der Waals surface area contributed by atoms with Crippen LogP contribution in [-0.4, -0.2) is 75.2 Å². The van der Waals surface area contributed by atoms with Gasteiger partial charge in [-0.3, -0.25) is 19.3 Å². The third-order valence-electron chi connectivity index (χ3n) is 6.01. The molecule has 0 aliphatic carbocycles. The van der Waals surface area contributed by atoms with Gasteiger partial charge in [-0.05, 0) is 51.5 Å². The molecule has 1 unspecified atom stereocenters. The average molecular weight is 520 g/mol. The monoisotopic (exact) mass is 519 g/mol. The molecule has 0 radical (unpaired) electrons. The van der Waals surface area contributed by atoms with Crippen molar-refractivity contribution in [3.63, 3.8) is 0 Å². The summed E-state index contributed by atoms with van der Waals surface area (Å²) in [6.07, 6.45) is 0.0548. The van der Waals surface area contributed by atoms with Crippen LogP contribution in [0.15, 0.2) is 30.3 Å². The van der Waals surface area contributed by atoms with Crippen LogP contribution in [-0.2, 0) is 30.3 Å². The van der Waals surface area contributed by atoms with Crippen molar-refractivity contribution in [2.24, 2.45) is 11.8 Å². The molecule has 0 aromatic heterocycles. The van der Waals surface area contributed by atoms with Crippen LogP contribution in [0.4, 0.5) is 4.79 Å². The van der Waals surface area contributed by atoms with Crippen LogP contribution >= 0.6 is 0 Å². The lowest BCUT2D eigenvalue weighted by Gasteiger charge is -2.31. The third kappa shape index (κ3) is 8.47. The van der Waals surface area contributed by atoms with Crippen LogP contribution in [0.1, 0.15) is 53.0 Å². The zero-order valence-corrected chi connectivity index (χ0v) is 21.9. The molecule has 37 heavy (non-hydrogen) atoms. The van der Waals surface area contributed by atoms with Gasteiger partial charge in [-0.15, -0.1) is 0 Å². The van der Waals surface area contributed by atoms with Crippen LogP contribution in [0.5, 0.6) is 0 Å². The summed E-state index contributed by atoms with van der Waals surface area (Å²) >= 11 is 0. The molecule has 1 saturated heterocycles. The minimum Gasteiger partial charge on any atom is -0.481 e. The van der Waals surface area contributed by atoms with E-state index in [0.29, 0.717) is 18.4 Å². The third-order valence-corrected chi connectivity index (χ3v) is 6.01. The lowest BCUT2D eigenvalue weighted by molar-refractivity contribution is -0.148. The van der Waals surface area contributed by atoms with Crippen LogP contribution < -0.4 is 10.6 Å². The number of carboxylic acids is 2. The van der Waals surface area contributed by atoms with E-state index in [1.165, 1.54) is 4.90 Å². The number of carbonyl (C=O) groups excluding carboxylic acids is 3. The number of carboxylic acid groups (broad SMARTS) is 2. The van der Waals surface area contributed by atoms with Crippen molar-refractivity contribution in [1.82, 2.24) is 15.5 Å². The fourth-order valence-electron chi connectivity index (χ4n) is 4.15. The molecule has 0 saturated carbocycles. The molecular weight excluding hydrogens is 482 g/mol. The van der Waals surface area contributed by atoms with Gasteiger partial charge in [0.1, 0.15) is 23.7 Å². The Hall–Kier alpha value is -3.63. The van der Waals surface area contributed by atoms with Crippen molar-refractivity contribution in [2.75, 3.05) is 6.54 Å². The first kappa shape index (κ1) is 29.6. The van der Waals surface area contributed by atoms with E-state index in [1.54, 1.807) is 65.0 Å². The van der Waals surface area contributed by atoms with E-state index < -0.39 is 65.4 Å². The number of hydrogen-bond acceptors (Lipinski definition) is 6. The molecule has 2 rings (SSSR count). The van der Waals surface area contributed by atoms with Gasteiger partial charge in [0.25, 0.3) is 0 Å². The van der Waals surface area contributed by atoms with Gasteiger partial charge in [0, 0.05) is 6.54 Å². The van der Waals surface area contributed by atoms with E-state index in [2.05, 4.69) is 10.6 Å². The van der Waals surface area contributed by atoms with Crippen molar-refractivity contribution in [2.45, 2.75) is 77.6 Å². The molecule has 11 nitrogen and oxygen atoms in total. The molecular formula is C26H37N3O8. The second kappa shape index (κ2) is 12.6. The Balaban J connectivity index is 2.35. The number of aliphatic carboxylic acids is 2. The fourth-order valence-corrected chi connectivity index (χ4v) is 4.15. The number of amides is 3. The standard InChI is InChI=1S/C26H37N3O8/c1-15(2)19(24(34)35)27-22(31)20(17(23(32)33)14-16-10-7-6-8-11-16)28-21(30)18-12-9-13-29(18)25(36)37-26(3,4)5/h6-8,10-11,15,17-20H,9,12-14H2,1-5H3,(H,27,31)(H,28,30)(H,32,33)(H,34,35)/t17?,18-,19-,20-/m0/s1. The predicted octanol–water partition coefficient (Wildman–Crippen LogP) is 2.04. The molecule has 4 atom stereocenters. The smallest absolute Gasteiger partial charge is 0.410 e. The number of nitrogens with one attached hydrogen (secondary N) is 2. The van der Waals surface area contributed by atoms with Gasteiger partial charge in [0.05, 0.1) is 5.92 Å². The van der Waals surface area contributed by atoms with Crippen molar-refractivity contribution >= 4 is 29.8 Å². The maximum absolute atomic E-state index is 13.3. The summed E-state index contributed by atoms with van der Waals surface area (Å²) in [5.74, 6) is -6.15. The lowest BCUT2D eigenvalue weighted by Crippen LogP contribution is -2.60. The molecule has 1 heterocycles. The predicted molar refractivity (Wildman–Crippen MR) is 134 cm³/mol. The molecule has 1 fully saturated rings. The van der Waals surface area contributed by atoms with Gasteiger partial charge < -0.3 is 25.6 Å². The van der Waals surface area contributed by atoms with E-state index in [0.717, 1.165) is 0 Å². The molecule has 1 aliphatic rings. The summed E-state index contributed by atoms with van der Waals surface area (Å²) in [4.78, 5) is 64.5. The lowest BCUT2D eigenvalue weighted by atomic mass is 9.90. The zero-order chi connectivity index (χ0) is 27.9. The van der Waals surface area contributed by atoms with Crippen molar-refractivity contribution in [1.29, 1.82) is 0 Å². The topological polar surface area (TPSA) is 162 Å². The van der Waals surface area contributed by atoms with Crippen molar-refractivity contribution in [3.8, 4) is 0 Å². The van der Waals surface area contributed by atoms with E-state index >= 15 is 0 Å². The molecule has 3 amide bonds. The molecule has 0 bridgehead atoms. The van der Waals surface area contributed by atoms with E-state index in [4.69, 9.17) is 4.74 Å². The van der Waals surface area contributed by atoms with Crippen molar-refractivity contribution < 1.29 is 38.9 Å². The van der Waals surface area contributed by atoms with Gasteiger partial charge in [-0.25, -0.2) is 9.59 Å². The fraction of sp³-hybridized carbons (Fsp3) is 0.577. The summed E-state index contributed by atoms with van der Waals surface area (Å²) in [6, 6.07) is 4.75. The van der Waals surface area contributed by atoms with Crippen molar-refractivity contribution in [3.05, 3.63) is 35.9 Å². The molecule has 1 aliphatic heterocycles. The number of hydrogen-bond donors (Lipinski definition) is 4. The Morgan fingerprint density at radius 1 is 1.00 bits per heavy atom. The average Bonchev–Trinajstić information content (AvgIpc) is 3.29. The molecule has 1 aromatic rings. The normalized spacial score (nSPS) is 18.0. The first-order valence-corrected chi connectivity index (χ1v) is 12.3. The first-order chi connectivity index (χ1) is 17.2. The largest absolute Gasteiger partial charge is 0.481 e. The molecule has 11 heteroatoms. The Kier molecular flexibility index (Phi) is 10.0. The quantitative estimate of drug-likeness (QED) is 0.365. The van der Waals surface area contributed by atoms with E-state index in [-0.39, 0.29) is 13.0 Å². The van der Waals surface area contributed by atoms with Crippen LogP contribution in [0.2, 0.25) is 0 Å². The number of ether oxygens (including phenoxy) is 1. The molecule has 0 spiro atoms. The highest BCUT2D eigenvalue weighted by Gasteiger charge is 2.42. The highest BCUT2D eigenvalue weighted by molar-refractivity contribution is 5.95. The second-order valence-electron chi connectivity index (χ2n) is 10.5. The van der Waals surface area contributed by atoms with Gasteiger partial charge >= 0.3 is 18.0 Å². The maximum Gasteiger partial charge on any atom is 0.410 e. The summed E-state index contributed by atoms with van der Waals surface area (Å²) in [5, 5.41) is 24.4. The summed E-state index contributed by atoms with van der Waals surface area (Å²) in [7, 11) is 0. The Bertz CT molecular complexity index is 989. The number of carbonyl (C=O) groups is 5.